The number of aromatic hydroxyl groups is 1. The predicted octanol–water partition coefficient (Wildman–Crippen LogP) is 1.97. The maximum Gasteiger partial charge on any atom is 0.336 e. The molecule has 0 radical (unpaired) electrons. The van der Waals surface area contributed by atoms with E-state index in [1.165, 1.54) is 12.1 Å². The maximum absolute atomic E-state index is 11.6. The van der Waals surface area contributed by atoms with Crippen LogP contribution in [-0.4, -0.2) is 22.1 Å². The van der Waals surface area contributed by atoms with Gasteiger partial charge in [0.25, 0.3) is 0 Å². The second-order valence-electron chi connectivity index (χ2n) is 4.64. The van der Waals surface area contributed by atoms with Crippen LogP contribution in [0.15, 0.2) is 42.5 Å². The topological polar surface area (TPSA) is 101 Å². The summed E-state index contributed by atoms with van der Waals surface area (Å²) < 4.78 is 0. The van der Waals surface area contributed by atoms with Crippen LogP contribution in [0.3, 0.4) is 0 Å². The number of carbonyl (C=O) groups is 2. The van der Waals surface area contributed by atoms with Gasteiger partial charge < -0.3 is 15.9 Å². The molecule has 4 N–H and O–H groups in total. The first kappa shape index (κ1) is 14.6. The Labute approximate surface area is 121 Å². The minimum absolute atomic E-state index is 0.121. The molecule has 5 heteroatoms. The summed E-state index contributed by atoms with van der Waals surface area (Å²) >= 11 is 0. The van der Waals surface area contributed by atoms with Crippen LogP contribution in [0.2, 0.25) is 0 Å². The molecular weight excluding hydrogens is 270 g/mol. The Morgan fingerprint density at radius 3 is 2.24 bits per heavy atom. The Kier molecular flexibility index (Phi) is 4.23. The van der Waals surface area contributed by atoms with Crippen LogP contribution in [0, 0.1) is 0 Å². The fourth-order valence-corrected chi connectivity index (χ4v) is 2.26. The summed E-state index contributed by atoms with van der Waals surface area (Å²) in [5.74, 6) is -2.22. The van der Waals surface area contributed by atoms with E-state index in [1.807, 2.05) is 30.3 Å². The van der Waals surface area contributed by atoms with Gasteiger partial charge in [-0.1, -0.05) is 30.3 Å². The van der Waals surface area contributed by atoms with Crippen molar-refractivity contribution in [3.05, 3.63) is 64.7 Å². The largest absolute Gasteiger partial charge is 0.508 e. The molecule has 2 aromatic carbocycles. The zero-order valence-electron chi connectivity index (χ0n) is 11.2. The number of hydrogen-bond donors (Lipinski definition) is 3. The zero-order valence-corrected chi connectivity index (χ0v) is 11.2. The smallest absolute Gasteiger partial charge is 0.336 e. The molecule has 0 aromatic heterocycles. The van der Waals surface area contributed by atoms with Crippen molar-refractivity contribution >= 4 is 11.9 Å². The first-order valence-corrected chi connectivity index (χ1v) is 6.42. The maximum atomic E-state index is 11.6. The minimum Gasteiger partial charge on any atom is -0.508 e. The second-order valence-corrected chi connectivity index (χ2v) is 4.64. The molecule has 0 saturated carbocycles. The third kappa shape index (κ3) is 3.20. The van der Waals surface area contributed by atoms with Crippen LogP contribution >= 0.6 is 0 Å². The minimum atomic E-state index is -1.25. The van der Waals surface area contributed by atoms with E-state index in [-0.39, 0.29) is 22.4 Å². The van der Waals surface area contributed by atoms with E-state index in [2.05, 4.69) is 0 Å². The van der Waals surface area contributed by atoms with Crippen LogP contribution in [0.25, 0.3) is 0 Å². The molecule has 0 atom stereocenters. The lowest BCUT2D eigenvalue weighted by Gasteiger charge is -2.12. The van der Waals surface area contributed by atoms with Gasteiger partial charge in [0.05, 0.1) is 11.1 Å². The normalized spacial score (nSPS) is 10.3. The molecule has 2 aromatic rings. The van der Waals surface area contributed by atoms with E-state index in [1.54, 1.807) is 0 Å². The number of benzene rings is 2. The summed E-state index contributed by atoms with van der Waals surface area (Å²) in [5, 5.41) is 19.0. The Balaban J connectivity index is 2.40. The molecule has 0 aliphatic rings. The number of nitrogens with two attached hydrogens (primary N) is 1. The molecule has 21 heavy (non-hydrogen) atoms. The summed E-state index contributed by atoms with van der Waals surface area (Å²) in [4.78, 5) is 22.7. The Bertz CT molecular complexity index is 680. The lowest BCUT2D eigenvalue weighted by molar-refractivity contribution is 0.0692. The fourth-order valence-electron chi connectivity index (χ4n) is 2.26. The number of carboxylic acids is 1. The number of aromatic carboxylic acids is 1. The van der Waals surface area contributed by atoms with Crippen LogP contribution in [0.4, 0.5) is 0 Å². The lowest BCUT2D eigenvalue weighted by Crippen LogP contribution is -2.19. The third-order valence-electron chi connectivity index (χ3n) is 3.27. The summed E-state index contributed by atoms with van der Waals surface area (Å²) in [6.07, 6.45) is 0.896. The monoisotopic (exact) mass is 285 g/mol. The first-order valence-electron chi connectivity index (χ1n) is 6.42. The van der Waals surface area contributed by atoms with Crippen molar-refractivity contribution in [2.24, 2.45) is 5.73 Å². The molecule has 0 aliphatic carbocycles. The van der Waals surface area contributed by atoms with Crippen LogP contribution < -0.4 is 5.73 Å². The quantitative estimate of drug-likeness (QED) is 0.781. The molecule has 0 fully saturated rings. The van der Waals surface area contributed by atoms with E-state index in [4.69, 9.17) is 10.8 Å². The average molecular weight is 285 g/mol. The van der Waals surface area contributed by atoms with Gasteiger partial charge >= 0.3 is 5.97 Å². The second kappa shape index (κ2) is 6.09. The number of hydrogen-bond acceptors (Lipinski definition) is 3. The summed E-state index contributed by atoms with van der Waals surface area (Å²) in [5.41, 5.74) is 6.25. The number of aryl methyl sites for hydroxylation is 1. The molecule has 0 saturated heterocycles. The molecule has 5 nitrogen and oxygen atoms in total. The molecule has 0 spiro atoms. The van der Waals surface area contributed by atoms with Gasteiger partial charge in [-0.3, -0.25) is 4.79 Å². The van der Waals surface area contributed by atoms with E-state index in [0.717, 1.165) is 5.56 Å². The zero-order chi connectivity index (χ0) is 15.4. The van der Waals surface area contributed by atoms with Gasteiger partial charge in [-0.2, -0.15) is 0 Å². The van der Waals surface area contributed by atoms with E-state index < -0.39 is 11.9 Å². The van der Waals surface area contributed by atoms with Crippen LogP contribution in [0.5, 0.6) is 5.75 Å². The highest BCUT2D eigenvalue weighted by Gasteiger charge is 2.21. The molecular formula is C16H15NO4. The number of amides is 1. The van der Waals surface area contributed by atoms with E-state index in [0.29, 0.717) is 12.8 Å². The van der Waals surface area contributed by atoms with Gasteiger partial charge in [0.15, 0.2) is 0 Å². The Hall–Kier alpha value is -2.82. The lowest BCUT2D eigenvalue weighted by atomic mass is 9.94. The van der Waals surface area contributed by atoms with Crippen molar-refractivity contribution in [1.29, 1.82) is 0 Å². The number of phenolic OH excluding ortho intramolecular Hbond substituents is 1. The van der Waals surface area contributed by atoms with E-state index >= 15 is 0 Å². The molecule has 0 unspecified atom stereocenters. The van der Waals surface area contributed by atoms with Gasteiger partial charge in [-0.25, -0.2) is 4.79 Å². The van der Waals surface area contributed by atoms with Gasteiger partial charge in [0.2, 0.25) is 5.91 Å². The van der Waals surface area contributed by atoms with Crippen molar-refractivity contribution in [1.82, 2.24) is 0 Å². The molecule has 0 bridgehead atoms. The van der Waals surface area contributed by atoms with Gasteiger partial charge in [-0.05, 0) is 30.5 Å². The Morgan fingerprint density at radius 2 is 1.67 bits per heavy atom. The van der Waals surface area contributed by atoms with Crippen molar-refractivity contribution in [2.45, 2.75) is 12.8 Å². The number of carboxylic acid groups (broad SMARTS) is 1. The number of primary amides is 1. The van der Waals surface area contributed by atoms with Crippen LogP contribution in [0.1, 0.15) is 31.8 Å². The van der Waals surface area contributed by atoms with Crippen molar-refractivity contribution < 1.29 is 19.8 Å². The fraction of sp³-hybridized carbons (Fsp3) is 0.125. The molecule has 0 heterocycles. The molecule has 1 amide bonds. The predicted molar refractivity (Wildman–Crippen MR) is 77.4 cm³/mol. The van der Waals surface area contributed by atoms with Gasteiger partial charge in [0, 0.05) is 5.56 Å². The van der Waals surface area contributed by atoms with Crippen molar-refractivity contribution in [3.63, 3.8) is 0 Å². The summed E-state index contributed by atoms with van der Waals surface area (Å²) in [6, 6.07) is 12.0. The molecule has 108 valence electrons. The summed E-state index contributed by atoms with van der Waals surface area (Å²) in [6.45, 7) is 0. The highest BCUT2D eigenvalue weighted by atomic mass is 16.4. The van der Waals surface area contributed by atoms with Gasteiger partial charge in [-0.15, -0.1) is 0 Å². The Morgan fingerprint density at radius 1 is 1.00 bits per heavy atom. The van der Waals surface area contributed by atoms with Crippen molar-refractivity contribution in [2.75, 3.05) is 0 Å². The first-order chi connectivity index (χ1) is 10.0. The van der Waals surface area contributed by atoms with Crippen molar-refractivity contribution in [3.8, 4) is 5.75 Å². The third-order valence-corrected chi connectivity index (χ3v) is 3.27. The number of phenols is 1. The summed E-state index contributed by atoms with van der Waals surface area (Å²) in [7, 11) is 0. The highest BCUT2D eigenvalue weighted by Crippen LogP contribution is 2.26. The van der Waals surface area contributed by atoms with Crippen LogP contribution in [-0.2, 0) is 12.8 Å². The highest BCUT2D eigenvalue weighted by molar-refractivity contribution is 6.05. The SMILES string of the molecule is NC(=O)c1c(C(=O)O)ccc(O)c1CCc1ccccc1. The van der Waals surface area contributed by atoms with E-state index in [9.17, 15) is 14.7 Å². The molecule has 0 aliphatic heterocycles. The van der Waals surface area contributed by atoms with Gasteiger partial charge in [0.1, 0.15) is 5.75 Å². The average Bonchev–Trinajstić information content (AvgIpc) is 2.46. The number of rotatable bonds is 5. The molecule has 2 rings (SSSR count). The number of carbonyl (C=O) groups excluding carboxylic acids is 1. The standard InChI is InChI=1S/C16H15NO4/c17-15(19)14-11(7-6-10-4-2-1-3-5-10)13(18)9-8-12(14)16(20)21/h1-5,8-9,18H,6-7H2,(H2,17,19)(H,20,21).